The number of carbonyl (C=O) groups excluding carboxylic acids is 2. The molecule has 1 atom stereocenters. The number of nitrogens with zero attached hydrogens (tertiary/aromatic N) is 2. The fourth-order valence-corrected chi connectivity index (χ4v) is 4.53. The van der Waals surface area contributed by atoms with Crippen molar-refractivity contribution in [3.05, 3.63) is 58.3 Å². The van der Waals surface area contributed by atoms with Crippen molar-refractivity contribution >= 4 is 29.3 Å². The Balaban J connectivity index is 1.65. The van der Waals surface area contributed by atoms with Crippen molar-refractivity contribution in [3.8, 4) is 0 Å². The second-order valence-corrected chi connectivity index (χ2v) is 8.53. The Morgan fingerprint density at radius 1 is 1.10 bits per heavy atom. The minimum atomic E-state index is -0.994. The van der Waals surface area contributed by atoms with E-state index in [4.69, 9.17) is 16.6 Å². The molecule has 0 aromatic heterocycles. The molecule has 3 amide bonds. The standard InChI is InChI=1S/C23H27ClN4O2/c1-28-19-13-12-16(24)14-18(19)20(15-8-4-2-5-9-15)26-21(22(28)29)27-23(30)25-17-10-6-3-7-11-17/h2,4-5,8-9,14,17,21H,3,6-7,10-13H2,1H3,(H2,25,27,30). The summed E-state index contributed by atoms with van der Waals surface area (Å²) in [5, 5.41) is 6.54. The summed E-state index contributed by atoms with van der Waals surface area (Å²) in [5.74, 6) is -0.251. The van der Waals surface area contributed by atoms with Gasteiger partial charge in [0, 0.05) is 35.0 Å². The molecular formula is C23H27ClN4O2. The van der Waals surface area contributed by atoms with Crippen LogP contribution in [0.3, 0.4) is 0 Å². The van der Waals surface area contributed by atoms with Crippen molar-refractivity contribution in [2.75, 3.05) is 7.05 Å². The third kappa shape index (κ3) is 4.43. The highest BCUT2D eigenvalue weighted by Crippen LogP contribution is 2.32. The van der Waals surface area contributed by atoms with Gasteiger partial charge in [0.2, 0.25) is 6.17 Å². The lowest BCUT2D eigenvalue weighted by Gasteiger charge is -2.26. The number of nitrogens with one attached hydrogen (secondary N) is 2. The van der Waals surface area contributed by atoms with Crippen molar-refractivity contribution in [3.63, 3.8) is 0 Å². The van der Waals surface area contributed by atoms with Crippen molar-refractivity contribution in [2.45, 2.75) is 57.2 Å². The minimum absolute atomic E-state index is 0.156. The maximum atomic E-state index is 13.2. The molecule has 158 valence electrons. The number of likely N-dealkylation sites (N-methyl/N-ethyl adjacent to an activating group) is 1. The first-order chi connectivity index (χ1) is 14.5. The van der Waals surface area contributed by atoms with E-state index in [1.54, 1.807) is 11.9 Å². The molecule has 1 fully saturated rings. The summed E-state index contributed by atoms with van der Waals surface area (Å²) < 4.78 is 0. The quantitative estimate of drug-likeness (QED) is 0.764. The molecule has 0 bridgehead atoms. The number of rotatable bonds is 3. The molecule has 3 aliphatic rings. The van der Waals surface area contributed by atoms with Crippen LogP contribution in [-0.4, -0.2) is 41.8 Å². The summed E-state index contributed by atoms with van der Waals surface area (Å²) in [5.41, 5.74) is 3.27. The normalized spacial score (nSPS) is 22.7. The average Bonchev–Trinajstić information content (AvgIpc) is 2.85. The van der Waals surface area contributed by atoms with Crippen molar-refractivity contribution < 1.29 is 9.59 Å². The molecule has 0 spiro atoms. The van der Waals surface area contributed by atoms with E-state index in [9.17, 15) is 9.59 Å². The molecule has 6 nitrogen and oxygen atoms in total. The van der Waals surface area contributed by atoms with Gasteiger partial charge in [0.15, 0.2) is 0 Å². The predicted molar refractivity (Wildman–Crippen MR) is 118 cm³/mol. The number of aliphatic imine (C=N–C) groups is 1. The van der Waals surface area contributed by atoms with Crippen LogP contribution in [0.5, 0.6) is 0 Å². The Morgan fingerprint density at radius 2 is 1.83 bits per heavy atom. The number of halogens is 1. The summed E-state index contributed by atoms with van der Waals surface area (Å²) in [6.45, 7) is 0. The highest BCUT2D eigenvalue weighted by atomic mass is 35.5. The van der Waals surface area contributed by atoms with E-state index in [1.165, 1.54) is 6.42 Å². The highest BCUT2D eigenvalue weighted by Gasteiger charge is 2.33. The molecule has 7 heteroatoms. The van der Waals surface area contributed by atoms with E-state index in [0.29, 0.717) is 18.6 Å². The molecule has 2 aliphatic carbocycles. The largest absolute Gasteiger partial charge is 0.335 e. The third-order valence-electron chi connectivity index (χ3n) is 5.95. The van der Waals surface area contributed by atoms with Crippen LogP contribution < -0.4 is 10.6 Å². The topological polar surface area (TPSA) is 73.8 Å². The number of urea groups is 1. The summed E-state index contributed by atoms with van der Waals surface area (Å²) >= 11 is 6.34. The van der Waals surface area contributed by atoms with Gasteiger partial charge in [-0.15, -0.1) is 0 Å². The van der Waals surface area contributed by atoms with E-state index >= 15 is 0 Å². The van der Waals surface area contributed by atoms with Gasteiger partial charge in [0.25, 0.3) is 5.91 Å². The third-order valence-corrected chi connectivity index (χ3v) is 6.25. The van der Waals surface area contributed by atoms with Crippen LogP contribution in [0.1, 0.15) is 50.5 Å². The number of carbonyl (C=O) groups is 2. The fraction of sp³-hybridized carbons (Fsp3) is 0.435. The molecular weight excluding hydrogens is 400 g/mol. The Kier molecular flexibility index (Phi) is 6.23. The fourth-order valence-electron chi connectivity index (χ4n) is 4.33. The zero-order valence-corrected chi connectivity index (χ0v) is 17.9. The zero-order chi connectivity index (χ0) is 21.1. The van der Waals surface area contributed by atoms with Gasteiger partial charge >= 0.3 is 6.03 Å². The number of benzene rings is 1. The van der Waals surface area contributed by atoms with Gasteiger partial charge in [-0.05, 0) is 31.8 Å². The van der Waals surface area contributed by atoms with E-state index in [1.807, 2.05) is 36.4 Å². The van der Waals surface area contributed by atoms with Gasteiger partial charge in [-0.25, -0.2) is 9.79 Å². The van der Waals surface area contributed by atoms with Gasteiger partial charge < -0.3 is 15.5 Å². The minimum Gasteiger partial charge on any atom is -0.335 e. The monoisotopic (exact) mass is 426 g/mol. The Morgan fingerprint density at radius 3 is 2.57 bits per heavy atom. The predicted octanol–water partition coefficient (Wildman–Crippen LogP) is 4.08. The van der Waals surface area contributed by atoms with Crippen LogP contribution in [0.25, 0.3) is 0 Å². The molecule has 1 aromatic rings. The van der Waals surface area contributed by atoms with Crippen molar-refractivity contribution in [2.24, 2.45) is 4.99 Å². The van der Waals surface area contributed by atoms with Crippen LogP contribution in [-0.2, 0) is 4.79 Å². The molecule has 1 aliphatic heterocycles. The first kappa shape index (κ1) is 20.7. The summed E-state index contributed by atoms with van der Waals surface area (Å²) in [6.07, 6.45) is 7.63. The molecule has 1 unspecified atom stereocenters. The summed E-state index contributed by atoms with van der Waals surface area (Å²) in [7, 11) is 1.74. The second-order valence-electron chi connectivity index (χ2n) is 8.05. The van der Waals surface area contributed by atoms with Gasteiger partial charge in [0.1, 0.15) is 0 Å². The SMILES string of the molecule is CN1C(=O)C(NC(=O)NC2CCCCC2)N=C(c2ccccc2)C2=C1CCC(Cl)=C2. The Labute approximate surface area is 182 Å². The average molecular weight is 427 g/mol. The Bertz CT molecular complexity index is 916. The second kappa shape index (κ2) is 9.04. The van der Waals surface area contributed by atoms with Gasteiger partial charge in [-0.2, -0.15) is 0 Å². The number of amides is 3. The Hall–Kier alpha value is -2.60. The number of hydrogen-bond donors (Lipinski definition) is 2. The highest BCUT2D eigenvalue weighted by molar-refractivity contribution is 6.31. The van der Waals surface area contributed by atoms with Crippen molar-refractivity contribution in [1.29, 1.82) is 0 Å². The summed E-state index contributed by atoms with van der Waals surface area (Å²) in [4.78, 5) is 32.2. The lowest BCUT2D eigenvalue weighted by molar-refractivity contribution is -0.130. The molecule has 0 saturated heterocycles. The van der Waals surface area contributed by atoms with Crippen LogP contribution in [0.15, 0.2) is 57.7 Å². The van der Waals surface area contributed by atoms with Crippen LogP contribution in [0.4, 0.5) is 4.79 Å². The van der Waals surface area contributed by atoms with E-state index in [-0.39, 0.29) is 18.0 Å². The lowest BCUT2D eigenvalue weighted by Crippen LogP contribution is -2.51. The molecule has 30 heavy (non-hydrogen) atoms. The lowest BCUT2D eigenvalue weighted by atomic mass is 9.94. The first-order valence-electron chi connectivity index (χ1n) is 10.6. The van der Waals surface area contributed by atoms with Gasteiger partial charge in [-0.1, -0.05) is 61.2 Å². The van der Waals surface area contributed by atoms with Crippen LogP contribution in [0, 0.1) is 0 Å². The molecule has 4 rings (SSSR count). The van der Waals surface area contributed by atoms with Crippen molar-refractivity contribution in [1.82, 2.24) is 15.5 Å². The molecule has 1 heterocycles. The zero-order valence-electron chi connectivity index (χ0n) is 17.2. The van der Waals surface area contributed by atoms with Crippen LogP contribution >= 0.6 is 11.6 Å². The number of allylic oxidation sites excluding steroid dienone is 4. The molecule has 0 radical (unpaired) electrons. The van der Waals surface area contributed by atoms with E-state index in [2.05, 4.69) is 10.6 Å². The van der Waals surface area contributed by atoms with Gasteiger partial charge in [0.05, 0.1) is 5.71 Å². The smallest absolute Gasteiger partial charge is 0.317 e. The first-order valence-corrected chi connectivity index (χ1v) is 11.0. The summed E-state index contributed by atoms with van der Waals surface area (Å²) in [6, 6.07) is 9.51. The van der Waals surface area contributed by atoms with E-state index in [0.717, 1.165) is 47.5 Å². The maximum absolute atomic E-state index is 13.2. The maximum Gasteiger partial charge on any atom is 0.317 e. The van der Waals surface area contributed by atoms with Crippen LogP contribution in [0.2, 0.25) is 0 Å². The van der Waals surface area contributed by atoms with E-state index < -0.39 is 6.17 Å². The van der Waals surface area contributed by atoms with Gasteiger partial charge in [-0.3, -0.25) is 4.79 Å². The molecule has 1 aromatic carbocycles. The molecule has 1 saturated carbocycles. The molecule has 2 N–H and O–H groups in total. The number of hydrogen-bond acceptors (Lipinski definition) is 3.